The molecule has 0 saturated heterocycles. The van der Waals surface area contributed by atoms with Crippen LogP contribution < -0.4 is 10.6 Å². The van der Waals surface area contributed by atoms with Gasteiger partial charge in [-0.15, -0.1) is 0 Å². The molecule has 0 bridgehead atoms. The monoisotopic (exact) mass is 578 g/mol. The Balaban J connectivity index is 1.47. The summed E-state index contributed by atoms with van der Waals surface area (Å²) in [5.74, 6) is -0.323. The van der Waals surface area contributed by atoms with Gasteiger partial charge in [-0.1, -0.05) is 44.5 Å². The number of phenolic OH excluding ortho intramolecular Hbond substituents is 1. The van der Waals surface area contributed by atoms with Crippen molar-refractivity contribution < 1.29 is 19.6 Å². The Morgan fingerprint density at radius 2 is 1.56 bits per heavy atom. The van der Waals surface area contributed by atoms with Crippen LogP contribution >= 0.6 is 11.6 Å². The van der Waals surface area contributed by atoms with Gasteiger partial charge in [0.15, 0.2) is 5.75 Å². The Kier molecular flexibility index (Phi) is 9.18. The molecule has 0 unspecified atom stereocenters. The van der Waals surface area contributed by atoms with Gasteiger partial charge >= 0.3 is 11.7 Å². The number of hydrogen-bond donors (Lipinski definition) is 3. The number of halogens is 1. The minimum Gasteiger partial charge on any atom is -0.502 e. The first kappa shape index (κ1) is 29.9. The van der Waals surface area contributed by atoms with Crippen LogP contribution in [0.2, 0.25) is 5.02 Å². The molecule has 3 aromatic rings. The average molecular weight is 579 g/mol. The van der Waals surface area contributed by atoms with E-state index < -0.39 is 22.3 Å². The van der Waals surface area contributed by atoms with E-state index in [1.54, 1.807) is 48.5 Å². The van der Waals surface area contributed by atoms with Crippen LogP contribution in [0.1, 0.15) is 62.4 Å². The number of nitro benzene ring substituents is 1. The van der Waals surface area contributed by atoms with Gasteiger partial charge in [-0.2, -0.15) is 0 Å². The molecule has 0 spiro atoms. The van der Waals surface area contributed by atoms with E-state index in [2.05, 4.69) is 31.4 Å². The molecule has 0 heterocycles. The minimum atomic E-state index is -0.718. The van der Waals surface area contributed by atoms with Crippen molar-refractivity contribution in [3.63, 3.8) is 0 Å². The van der Waals surface area contributed by atoms with Gasteiger partial charge in [-0.25, -0.2) is 4.79 Å². The first-order chi connectivity index (χ1) is 19.4. The maximum atomic E-state index is 13.5. The van der Waals surface area contributed by atoms with Gasteiger partial charge < -0.3 is 20.6 Å². The lowest BCUT2D eigenvalue weighted by atomic mass is 9.71. The van der Waals surface area contributed by atoms with Gasteiger partial charge in [0.05, 0.1) is 4.92 Å². The van der Waals surface area contributed by atoms with E-state index in [4.69, 9.17) is 11.6 Å². The Morgan fingerprint density at radius 3 is 2.15 bits per heavy atom. The van der Waals surface area contributed by atoms with Crippen molar-refractivity contribution in [1.82, 2.24) is 4.90 Å². The van der Waals surface area contributed by atoms with E-state index in [9.17, 15) is 24.8 Å². The number of hydrogen-bond acceptors (Lipinski definition) is 5. The van der Waals surface area contributed by atoms with Crippen LogP contribution in [0, 0.1) is 21.4 Å². The molecule has 0 aliphatic heterocycles. The third-order valence-corrected chi connectivity index (χ3v) is 7.97. The lowest BCUT2D eigenvalue weighted by Crippen LogP contribution is -2.45. The molecule has 9 nitrogen and oxygen atoms in total. The molecule has 4 rings (SSSR count). The molecule has 1 fully saturated rings. The second-order valence-electron chi connectivity index (χ2n) is 11.5. The molecule has 3 amide bonds. The highest BCUT2D eigenvalue weighted by Gasteiger charge is 2.33. The molecular weight excluding hydrogens is 544 g/mol. The number of urea groups is 1. The van der Waals surface area contributed by atoms with Crippen molar-refractivity contribution in [3.05, 3.63) is 93.0 Å². The lowest BCUT2D eigenvalue weighted by molar-refractivity contribution is -0.385. The van der Waals surface area contributed by atoms with Crippen LogP contribution in [0.15, 0.2) is 66.7 Å². The largest absolute Gasteiger partial charge is 0.502 e. The number of aromatic hydroxyl groups is 1. The smallest absolute Gasteiger partial charge is 0.322 e. The van der Waals surface area contributed by atoms with Crippen molar-refractivity contribution in [1.29, 1.82) is 0 Å². The van der Waals surface area contributed by atoms with Gasteiger partial charge in [0.2, 0.25) is 0 Å². The van der Waals surface area contributed by atoms with Gasteiger partial charge in [-0.3, -0.25) is 14.9 Å². The second-order valence-corrected chi connectivity index (χ2v) is 12.0. The molecule has 0 aromatic heterocycles. The number of carbonyl (C=O) groups excluding carboxylic acids is 2. The molecule has 216 valence electrons. The molecule has 41 heavy (non-hydrogen) atoms. The third-order valence-electron chi connectivity index (χ3n) is 7.72. The summed E-state index contributed by atoms with van der Waals surface area (Å²) in [5, 5.41) is 26.9. The van der Waals surface area contributed by atoms with E-state index in [-0.39, 0.29) is 23.2 Å². The van der Waals surface area contributed by atoms with Gasteiger partial charge in [0.1, 0.15) is 0 Å². The molecule has 1 aliphatic carbocycles. The Morgan fingerprint density at radius 1 is 0.951 bits per heavy atom. The molecule has 1 aliphatic rings. The number of benzene rings is 3. The minimum absolute atomic E-state index is 0.0779. The van der Waals surface area contributed by atoms with Gasteiger partial charge in [0.25, 0.3) is 5.91 Å². The average Bonchev–Trinajstić information content (AvgIpc) is 2.93. The molecule has 10 heteroatoms. The number of nitro groups is 1. The topological polar surface area (TPSA) is 125 Å². The quantitative estimate of drug-likeness (QED) is 0.149. The van der Waals surface area contributed by atoms with Gasteiger partial charge in [0, 0.05) is 40.6 Å². The first-order valence-corrected chi connectivity index (χ1v) is 14.0. The van der Waals surface area contributed by atoms with E-state index in [1.807, 2.05) is 4.90 Å². The molecule has 3 N–H and O–H groups in total. The van der Waals surface area contributed by atoms with Crippen LogP contribution in [0.25, 0.3) is 0 Å². The lowest BCUT2D eigenvalue weighted by Gasteiger charge is -2.41. The van der Waals surface area contributed by atoms with Crippen LogP contribution in [0.4, 0.5) is 21.9 Å². The maximum Gasteiger partial charge on any atom is 0.322 e. The fourth-order valence-corrected chi connectivity index (χ4v) is 5.38. The zero-order valence-electron chi connectivity index (χ0n) is 23.4. The number of amides is 3. The standard InChI is InChI=1S/C31H35ClN4O5/c1-31(2,3)22-8-15-26(16-9-22)35(30(39)34-24-12-10-23(32)11-13-24)19-20-4-6-21(7-5-20)29(38)33-25-14-17-28(37)27(18-25)36(40)41/h4-7,10-14,17-18,22,26,37H,8-9,15-16,19H2,1-3H3,(H,33,38)(H,34,39). The first-order valence-electron chi connectivity index (χ1n) is 13.6. The summed E-state index contributed by atoms with van der Waals surface area (Å²) in [6, 6.07) is 17.5. The number of carbonyl (C=O) groups is 2. The van der Waals surface area contributed by atoms with Gasteiger partial charge in [-0.05, 0) is 91.1 Å². The normalized spacial score (nSPS) is 17.0. The highest BCUT2D eigenvalue weighted by atomic mass is 35.5. The highest BCUT2D eigenvalue weighted by Crippen LogP contribution is 2.39. The fourth-order valence-electron chi connectivity index (χ4n) is 5.26. The number of rotatable bonds is 7. The van der Waals surface area contributed by atoms with Crippen molar-refractivity contribution in [2.24, 2.45) is 11.3 Å². The van der Waals surface area contributed by atoms with Crippen LogP contribution in [0.5, 0.6) is 5.75 Å². The summed E-state index contributed by atoms with van der Waals surface area (Å²) in [6.07, 6.45) is 3.92. The molecule has 3 aromatic carbocycles. The van der Waals surface area contributed by atoms with E-state index in [1.165, 1.54) is 6.07 Å². The second kappa shape index (κ2) is 12.6. The number of nitrogens with zero attached hydrogens (tertiary/aromatic N) is 2. The predicted molar refractivity (Wildman–Crippen MR) is 160 cm³/mol. The van der Waals surface area contributed by atoms with E-state index in [0.29, 0.717) is 28.7 Å². The summed E-state index contributed by atoms with van der Waals surface area (Å²) in [4.78, 5) is 38.5. The Labute approximate surface area is 244 Å². The number of nitrogens with one attached hydrogen (secondary N) is 2. The number of anilines is 2. The van der Waals surface area contributed by atoms with Crippen LogP contribution in [-0.2, 0) is 6.54 Å². The predicted octanol–water partition coefficient (Wildman–Crippen LogP) is 7.85. The Bertz CT molecular complexity index is 1400. The van der Waals surface area contributed by atoms with Crippen molar-refractivity contribution >= 4 is 40.6 Å². The summed E-state index contributed by atoms with van der Waals surface area (Å²) in [5.41, 5.74) is 1.81. The van der Waals surface area contributed by atoms with E-state index >= 15 is 0 Å². The van der Waals surface area contributed by atoms with Crippen LogP contribution in [0.3, 0.4) is 0 Å². The molecule has 1 saturated carbocycles. The maximum absolute atomic E-state index is 13.5. The molecule has 0 atom stereocenters. The third kappa shape index (κ3) is 7.76. The van der Waals surface area contributed by atoms with Crippen molar-refractivity contribution in [2.45, 2.75) is 59.0 Å². The molecule has 0 radical (unpaired) electrons. The summed E-state index contributed by atoms with van der Waals surface area (Å²) < 4.78 is 0. The van der Waals surface area contributed by atoms with Crippen LogP contribution in [-0.4, -0.2) is 32.9 Å². The number of phenols is 1. The zero-order valence-corrected chi connectivity index (χ0v) is 24.1. The van der Waals surface area contributed by atoms with Crippen molar-refractivity contribution in [3.8, 4) is 5.75 Å². The molecular formula is C31H35ClN4O5. The summed E-state index contributed by atoms with van der Waals surface area (Å²) >= 11 is 6.01. The zero-order chi connectivity index (χ0) is 29.7. The Hall–Kier alpha value is -4.11. The van der Waals surface area contributed by atoms with E-state index in [0.717, 1.165) is 43.4 Å². The SMILES string of the molecule is CC(C)(C)C1CCC(N(Cc2ccc(C(=O)Nc3ccc(O)c([N+](=O)[O-])c3)cc2)C(=O)Nc2ccc(Cl)cc2)CC1. The fraction of sp³-hybridized carbons (Fsp3) is 0.355. The summed E-state index contributed by atoms with van der Waals surface area (Å²) in [6.45, 7) is 7.17. The highest BCUT2D eigenvalue weighted by molar-refractivity contribution is 6.30. The van der Waals surface area contributed by atoms with Crippen molar-refractivity contribution in [2.75, 3.05) is 10.6 Å². The summed E-state index contributed by atoms with van der Waals surface area (Å²) in [7, 11) is 0.